The van der Waals surface area contributed by atoms with Crippen molar-refractivity contribution in [1.82, 2.24) is 20.5 Å². The van der Waals surface area contributed by atoms with Crippen molar-refractivity contribution in [1.29, 1.82) is 0 Å². The summed E-state index contributed by atoms with van der Waals surface area (Å²) in [6, 6.07) is 8.41. The predicted octanol–water partition coefficient (Wildman–Crippen LogP) is 3.29. The first-order chi connectivity index (χ1) is 11.0. The Morgan fingerprint density at radius 1 is 1.26 bits per heavy atom. The van der Waals surface area contributed by atoms with Crippen molar-refractivity contribution >= 4 is 17.7 Å². The monoisotopic (exact) mass is 332 g/mol. The van der Waals surface area contributed by atoms with Crippen molar-refractivity contribution < 1.29 is 4.79 Å². The van der Waals surface area contributed by atoms with Gasteiger partial charge in [0.25, 0.3) is 0 Å². The van der Waals surface area contributed by atoms with E-state index in [-0.39, 0.29) is 11.9 Å². The highest BCUT2D eigenvalue weighted by Crippen LogP contribution is 2.19. The average molecular weight is 332 g/mol. The Labute approximate surface area is 141 Å². The molecule has 1 atom stereocenters. The van der Waals surface area contributed by atoms with Crippen LogP contribution < -0.4 is 5.32 Å². The van der Waals surface area contributed by atoms with Gasteiger partial charge >= 0.3 is 0 Å². The zero-order valence-electron chi connectivity index (χ0n) is 14.1. The van der Waals surface area contributed by atoms with Gasteiger partial charge in [0.1, 0.15) is 0 Å². The van der Waals surface area contributed by atoms with Crippen LogP contribution in [0.15, 0.2) is 29.4 Å². The molecule has 2 N–H and O–H groups in total. The highest BCUT2D eigenvalue weighted by molar-refractivity contribution is 7.99. The number of aromatic nitrogens is 3. The Morgan fingerprint density at radius 3 is 2.57 bits per heavy atom. The fraction of sp³-hybridized carbons (Fsp3) is 0.471. The summed E-state index contributed by atoms with van der Waals surface area (Å²) in [6.07, 6.45) is 1.02. The number of carbonyl (C=O) groups is 1. The molecule has 0 fully saturated rings. The highest BCUT2D eigenvalue weighted by atomic mass is 32.2. The van der Waals surface area contributed by atoms with E-state index in [1.807, 2.05) is 19.1 Å². The summed E-state index contributed by atoms with van der Waals surface area (Å²) in [5.74, 6) is 1.48. The summed E-state index contributed by atoms with van der Waals surface area (Å²) in [6.45, 7) is 8.31. The van der Waals surface area contributed by atoms with Crippen LogP contribution in [0.4, 0.5) is 0 Å². The second-order valence-electron chi connectivity index (χ2n) is 5.91. The van der Waals surface area contributed by atoms with Crippen molar-refractivity contribution in [3.8, 4) is 11.4 Å². The second-order valence-corrected chi connectivity index (χ2v) is 6.85. The van der Waals surface area contributed by atoms with Crippen molar-refractivity contribution in [3.05, 3.63) is 29.8 Å². The van der Waals surface area contributed by atoms with Crippen LogP contribution in [0.1, 0.15) is 33.3 Å². The summed E-state index contributed by atoms with van der Waals surface area (Å²) in [5, 5.41) is 10.7. The largest absolute Gasteiger partial charge is 0.353 e. The lowest BCUT2D eigenvalue weighted by Crippen LogP contribution is -2.37. The molecule has 2 aromatic rings. The molecular weight excluding hydrogens is 308 g/mol. The van der Waals surface area contributed by atoms with Crippen LogP contribution in [-0.2, 0) is 11.2 Å². The molecule has 1 aromatic carbocycles. The number of H-pyrrole nitrogens is 1. The molecular formula is C17H24N4OS. The maximum Gasteiger partial charge on any atom is 0.230 e. The smallest absolute Gasteiger partial charge is 0.230 e. The van der Waals surface area contributed by atoms with E-state index in [0.29, 0.717) is 16.8 Å². The minimum atomic E-state index is 0.00912. The van der Waals surface area contributed by atoms with Gasteiger partial charge in [-0.05, 0) is 24.8 Å². The maximum absolute atomic E-state index is 11.9. The second kappa shape index (κ2) is 8.15. The Kier molecular flexibility index (Phi) is 6.21. The molecule has 0 saturated heterocycles. The number of amides is 1. The molecule has 0 radical (unpaired) electrons. The van der Waals surface area contributed by atoms with Gasteiger partial charge in [0, 0.05) is 11.6 Å². The Balaban J connectivity index is 1.90. The van der Waals surface area contributed by atoms with Crippen LogP contribution in [0.3, 0.4) is 0 Å². The molecule has 1 aromatic heterocycles. The topological polar surface area (TPSA) is 70.7 Å². The molecule has 2 rings (SSSR count). The SMILES string of the molecule is CCc1ccc(-c2nc(SCC(=O)NC(C)C(C)C)n[nH]2)cc1. The van der Waals surface area contributed by atoms with Crippen molar-refractivity contribution in [2.45, 2.75) is 45.3 Å². The number of nitrogens with one attached hydrogen (secondary N) is 2. The highest BCUT2D eigenvalue weighted by Gasteiger charge is 2.12. The van der Waals surface area contributed by atoms with Crippen LogP contribution >= 0.6 is 11.8 Å². The molecule has 0 spiro atoms. The van der Waals surface area contributed by atoms with Gasteiger partial charge in [-0.1, -0.05) is 56.8 Å². The van der Waals surface area contributed by atoms with Gasteiger partial charge in [0.15, 0.2) is 5.82 Å². The van der Waals surface area contributed by atoms with Gasteiger partial charge in [-0.2, -0.15) is 0 Å². The molecule has 6 heteroatoms. The van der Waals surface area contributed by atoms with Crippen LogP contribution in [-0.4, -0.2) is 32.9 Å². The number of hydrogen-bond acceptors (Lipinski definition) is 4. The molecule has 23 heavy (non-hydrogen) atoms. The number of aromatic amines is 1. The molecule has 124 valence electrons. The van der Waals surface area contributed by atoms with E-state index in [0.717, 1.165) is 17.8 Å². The van der Waals surface area contributed by atoms with E-state index in [1.54, 1.807) is 0 Å². The van der Waals surface area contributed by atoms with E-state index in [4.69, 9.17) is 0 Å². The lowest BCUT2D eigenvalue weighted by Gasteiger charge is -2.16. The quantitative estimate of drug-likeness (QED) is 0.763. The van der Waals surface area contributed by atoms with Crippen molar-refractivity contribution in [2.24, 2.45) is 5.92 Å². The van der Waals surface area contributed by atoms with Gasteiger partial charge in [-0.25, -0.2) is 4.98 Å². The third kappa shape index (κ3) is 5.10. The summed E-state index contributed by atoms with van der Waals surface area (Å²) in [5.41, 5.74) is 2.29. The molecule has 1 heterocycles. The molecule has 5 nitrogen and oxygen atoms in total. The molecule has 0 aliphatic heterocycles. The predicted molar refractivity (Wildman–Crippen MR) is 94.4 cm³/mol. The number of nitrogens with zero attached hydrogens (tertiary/aromatic N) is 2. The number of carbonyl (C=O) groups excluding carboxylic acids is 1. The van der Waals surface area contributed by atoms with E-state index in [1.165, 1.54) is 17.3 Å². The van der Waals surface area contributed by atoms with E-state index >= 15 is 0 Å². The van der Waals surface area contributed by atoms with Gasteiger partial charge in [0.2, 0.25) is 11.1 Å². The fourth-order valence-corrected chi connectivity index (χ4v) is 2.54. The van der Waals surface area contributed by atoms with Gasteiger partial charge in [0.05, 0.1) is 5.75 Å². The standard InChI is InChI=1S/C17H24N4OS/c1-5-13-6-8-14(9-7-13)16-19-17(21-20-16)23-10-15(22)18-12(4)11(2)3/h6-9,11-12H,5,10H2,1-4H3,(H,18,22)(H,19,20,21). The number of hydrogen-bond donors (Lipinski definition) is 2. The van der Waals surface area contributed by atoms with Gasteiger partial charge in [-0.15, -0.1) is 5.10 Å². The van der Waals surface area contributed by atoms with Crippen molar-refractivity contribution in [3.63, 3.8) is 0 Å². The van der Waals surface area contributed by atoms with Gasteiger partial charge < -0.3 is 5.32 Å². The zero-order chi connectivity index (χ0) is 16.8. The van der Waals surface area contributed by atoms with Crippen LogP contribution in [0.2, 0.25) is 0 Å². The van der Waals surface area contributed by atoms with Crippen LogP contribution in [0.25, 0.3) is 11.4 Å². The number of benzene rings is 1. The third-order valence-electron chi connectivity index (χ3n) is 3.82. The van der Waals surface area contributed by atoms with Crippen LogP contribution in [0.5, 0.6) is 0 Å². The molecule has 0 saturated carbocycles. The zero-order valence-corrected chi connectivity index (χ0v) is 14.9. The molecule has 0 bridgehead atoms. The normalized spacial score (nSPS) is 12.4. The summed E-state index contributed by atoms with van der Waals surface area (Å²) in [4.78, 5) is 16.3. The third-order valence-corrected chi connectivity index (χ3v) is 4.67. The lowest BCUT2D eigenvalue weighted by molar-refractivity contribution is -0.119. The van der Waals surface area contributed by atoms with Crippen LogP contribution in [0, 0.1) is 5.92 Å². The molecule has 1 amide bonds. The minimum absolute atomic E-state index is 0.00912. The Hall–Kier alpha value is -1.82. The van der Waals surface area contributed by atoms with E-state index in [2.05, 4.69) is 53.4 Å². The van der Waals surface area contributed by atoms with E-state index in [9.17, 15) is 4.79 Å². The Bertz CT molecular complexity index is 636. The minimum Gasteiger partial charge on any atom is -0.353 e. The lowest BCUT2D eigenvalue weighted by atomic mass is 10.1. The van der Waals surface area contributed by atoms with Gasteiger partial charge in [-0.3, -0.25) is 9.89 Å². The summed E-state index contributed by atoms with van der Waals surface area (Å²) >= 11 is 1.34. The maximum atomic E-state index is 11.9. The fourth-order valence-electron chi connectivity index (χ4n) is 1.93. The number of thioether (sulfide) groups is 1. The summed E-state index contributed by atoms with van der Waals surface area (Å²) < 4.78 is 0. The first-order valence-corrected chi connectivity index (χ1v) is 8.92. The summed E-state index contributed by atoms with van der Waals surface area (Å²) in [7, 11) is 0. The average Bonchev–Trinajstić information content (AvgIpc) is 3.02. The van der Waals surface area contributed by atoms with E-state index < -0.39 is 0 Å². The molecule has 1 unspecified atom stereocenters. The number of rotatable bonds is 7. The number of aryl methyl sites for hydroxylation is 1. The Morgan fingerprint density at radius 2 is 1.96 bits per heavy atom. The first-order valence-electron chi connectivity index (χ1n) is 7.93. The van der Waals surface area contributed by atoms with Crippen molar-refractivity contribution in [2.75, 3.05) is 5.75 Å². The molecule has 0 aliphatic rings. The first kappa shape index (κ1) is 17.5. The molecule has 0 aliphatic carbocycles.